The van der Waals surface area contributed by atoms with Crippen LogP contribution in [0.25, 0.3) is 33.7 Å². The molecular formula is C22H20N4O5. The molecule has 9 nitrogen and oxygen atoms in total. The number of fused-ring (bicyclic) bond motifs is 1. The Morgan fingerprint density at radius 1 is 1.19 bits per heavy atom. The smallest absolute Gasteiger partial charge is 0.344 e. The summed E-state index contributed by atoms with van der Waals surface area (Å²) in [4.78, 5) is 37.4. The first-order valence-electron chi connectivity index (χ1n) is 9.66. The van der Waals surface area contributed by atoms with E-state index in [9.17, 15) is 9.59 Å². The first kappa shape index (κ1) is 20.1. The zero-order valence-corrected chi connectivity index (χ0v) is 16.9. The molecule has 0 aliphatic carbocycles. The van der Waals surface area contributed by atoms with Gasteiger partial charge in [-0.25, -0.2) is 14.8 Å². The van der Waals surface area contributed by atoms with Gasteiger partial charge in [-0.05, 0) is 49.2 Å². The van der Waals surface area contributed by atoms with Gasteiger partial charge in [-0.3, -0.25) is 4.79 Å². The third-order valence-corrected chi connectivity index (χ3v) is 4.65. The molecular weight excluding hydrogens is 400 g/mol. The summed E-state index contributed by atoms with van der Waals surface area (Å²) in [5, 5.41) is 9.06. The number of nitrogens with one attached hydrogen (secondary N) is 2. The Hall–Kier alpha value is -4.14. The number of carboxylic acid groups (broad SMARTS) is 1. The van der Waals surface area contributed by atoms with Crippen LogP contribution in [0.1, 0.15) is 13.8 Å². The van der Waals surface area contributed by atoms with Crippen LogP contribution >= 0.6 is 0 Å². The van der Waals surface area contributed by atoms with Crippen molar-refractivity contribution in [2.24, 2.45) is 0 Å². The summed E-state index contributed by atoms with van der Waals surface area (Å²) in [6.45, 7) is 3.76. The fraction of sp³-hybridized carbons (Fsp3) is 0.182. The second-order valence-electron chi connectivity index (χ2n) is 6.78. The van der Waals surface area contributed by atoms with Gasteiger partial charge in [-0.2, -0.15) is 0 Å². The molecule has 4 aromatic rings. The maximum absolute atomic E-state index is 12.3. The van der Waals surface area contributed by atoms with Gasteiger partial charge in [0, 0.05) is 0 Å². The van der Waals surface area contributed by atoms with E-state index in [4.69, 9.17) is 14.6 Å². The number of ether oxygens (including phenoxy) is 2. The number of aromatic nitrogens is 4. The minimum atomic E-state index is -1.04. The van der Waals surface area contributed by atoms with Crippen LogP contribution in [0.4, 0.5) is 0 Å². The van der Waals surface area contributed by atoms with Crippen LogP contribution in [0.3, 0.4) is 0 Å². The second-order valence-corrected chi connectivity index (χ2v) is 6.78. The number of hydrogen-bond donors (Lipinski definition) is 3. The largest absolute Gasteiger partial charge is 0.493 e. The summed E-state index contributed by atoms with van der Waals surface area (Å²) >= 11 is 0. The lowest BCUT2D eigenvalue weighted by atomic mass is 10.0. The van der Waals surface area contributed by atoms with E-state index in [1.807, 2.05) is 31.2 Å². The van der Waals surface area contributed by atoms with Gasteiger partial charge in [0.1, 0.15) is 17.3 Å². The van der Waals surface area contributed by atoms with E-state index in [0.29, 0.717) is 35.1 Å². The number of rotatable bonds is 7. The van der Waals surface area contributed by atoms with Crippen molar-refractivity contribution in [3.05, 3.63) is 59.1 Å². The molecule has 2 aromatic heterocycles. The highest BCUT2D eigenvalue weighted by molar-refractivity contribution is 5.77. The average Bonchev–Trinajstić information content (AvgIpc) is 3.23. The van der Waals surface area contributed by atoms with E-state index in [0.717, 1.165) is 11.1 Å². The minimum Gasteiger partial charge on any atom is -0.493 e. The van der Waals surface area contributed by atoms with Crippen molar-refractivity contribution in [1.82, 2.24) is 19.9 Å². The summed E-state index contributed by atoms with van der Waals surface area (Å²) in [7, 11) is 0. The van der Waals surface area contributed by atoms with E-state index in [1.165, 1.54) is 13.3 Å². The fourth-order valence-electron chi connectivity index (χ4n) is 3.15. The molecule has 1 atom stereocenters. The van der Waals surface area contributed by atoms with E-state index in [2.05, 4.69) is 19.9 Å². The Kier molecular flexibility index (Phi) is 5.40. The van der Waals surface area contributed by atoms with Crippen LogP contribution in [-0.2, 0) is 4.79 Å². The first-order valence-corrected chi connectivity index (χ1v) is 9.66. The Morgan fingerprint density at radius 3 is 2.77 bits per heavy atom. The molecule has 0 saturated carbocycles. The van der Waals surface area contributed by atoms with Gasteiger partial charge >= 0.3 is 5.97 Å². The summed E-state index contributed by atoms with van der Waals surface area (Å²) in [5.74, 6) is 0.325. The van der Waals surface area contributed by atoms with Crippen molar-refractivity contribution in [2.75, 3.05) is 6.61 Å². The number of nitrogens with zero attached hydrogens (tertiary/aromatic N) is 2. The number of benzene rings is 2. The van der Waals surface area contributed by atoms with Gasteiger partial charge < -0.3 is 24.5 Å². The molecule has 0 amide bonds. The zero-order valence-electron chi connectivity index (χ0n) is 16.9. The number of aliphatic carboxylic acids is 1. The Morgan fingerprint density at radius 2 is 2.00 bits per heavy atom. The lowest BCUT2D eigenvalue weighted by Gasteiger charge is -2.14. The Balaban J connectivity index is 1.74. The lowest BCUT2D eigenvalue weighted by Crippen LogP contribution is -2.22. The SMILES string of the molecule is CCOc1cc(-c2cccc(OC(C)C(=O)O)c2)ccc1-c1nc2[nH]cnc2c(=O)[nH]1. The predicted octanol–water partition coefficient (Wildman–Crippen LogP) is 3.23. The molecule has 0 radical (unpaired) electrons. The molecule has 0 aliphatic heterocycles. The topological polar surface area (TPSA) is 130 Å². The molecule has 2 heterocycles. The van der Waals surface area contributed by atoms with Gasteiger partial charge in [0.15, 0.2) is 17.3 Å². The number of H-pyrrole nitrogens is 2. The number of aromatic amines is 2. The molecule has 4 rings (SSSR count). The van der Waals surface area contributed by atoms with Crippen molar-refractivity contribution < 1.29 is 19.4 Å². The van der Waals surface area contributed by atoms with Crippen molar-refractivity contribution in [3.8, 4) is 34.0 Å². The summed E-state index contributed by atoms with van der Waals surface area (Å²) in [6, 6.07) is 12.7. The van der Waals surface area contributed by atoms with E-state index >= 15 is 0 Å². The molecule has 3 N–H and O–H groups in total. The molecule has 0 saturated heterocycles. The van der Waals surface area contributed by atoms with Crippen molar-refractivity contribution >= 4 is 17.1 Å². The molecule has 158 valence electrons. The van der Waals surface area contributed by atoms with Crippen LogP contribution < -0.4 is 15.0 Å². The number of carbonyl (C=O) groups is 1. The first-order chi connectivity index (χ1) is 15.0. The predicted molar refractivity (Wildman–Crippen MR) is 114 cm³/mol. The molecule has 0 fully saturated rings. The third-order valence-electron chi connectivity index (χ3n) is 4.65. The standard InChI is InChI=1S/C22H20N4O5/c1-3-30-17-10-14(13-5-4-6-15(9-13)31-12(2)22(28)29)7-8-16(17)19-25-20-18(21(27)26-19)23-11-24-20/h4-12H,3H2,1-2H3,(H,28,29)(H2,23,24,25,26,27). The van der Waals surface area contributed by atoms with E-state index in [1.54, 1.807) is 18.2 Å². The Bertz CT molecular complexity index is 1310. The highest BCUT2D eigenvalue weighted by Crippen LogP contribution is 2.34. The van der Waals surface area contributed by atoms with Crippen LogP contribution in [0, 0.1) is 0 Å². The van der Waals surface area contributed by atoms with Gasteiger partial charge in [0.2, 0.25) is 0 Å². The van der Waals surface area contributed by atoms with Crippen LogP contribution in [0.2, 0.25) is 0 Å². The van der Waals surface area contributed by atoms with Crippen LogP contribution in [0.5, 0.6) is 11.5 Å². The molecule has 1 unspecified atom stereocenters. The summed E-state index contributed by atoms with van der Waals surface area (Å²) in [6.07, 6.45) is 0.459. The highest BCUT2D eigenvalue weighted by Gasteiger charge is 2.15. The normalized spacial score (nSPS) is 11.9. The van der Waals surface area contributed by atoms with Crippen molar-refractivity contribution in [2.45, 2.75) is 20.0 Å². The second kappa shape index (κ2) is 8.31. The van der Waals surface area contributed by atoms with Crippen molar-refractivity contribution in [3.63, 3.8) is 0 Å². The van der Waals surface area contributed by atoms with Gasteiger partial charge in [-0.15, -0.1) is 0 Å². The van der Waals surface area contributed by atoms with Crippen LogP contribution in [-0.4, -0.2) is 43.7 Å². The van der Waals surface area contributed by atoms with Crippen molar-refractivity contribution in [1.29, 1.82) is 0 Å². The average molecular weight is 420 g/mol. The van der Waals surface area contributed by atoms with Crippen LogP contribution in [0.15, 0.2) is 53.6 Å². The third kappa shape index (κ3) is 4.11. The number of hydrogen-bond acceptors (Lipinski definition) is 6. The Labute approximate surface area is 176 Å². The molecule has 9 heteroatoms. The molecule has 0 spiro atoms. The molecule has 0 bridgehead atoms. The minimum absolute atomic E-state index is 0.241. The fourth-order valence-corrected chi connectivity index (χ4v) is 3.15. The monoisotopic (exact) mass is 420 g/mol. The van der Waals surface area contributed by atoms with Gasteiger partial charge in [-0.1, -0.05) is 18.2 Å². The highest BCUT2D eigenvalue weighted by atomic mass is 16.5. The summed E-state index contributed by atoms with van der Waals surface area (Å²) < 4.78 is 11.3. The molecule has 31 heavy (non-hydrogen) atoms. The maximum atomic E-state index is 12.3. The maximum Gasteiger partial charge on any atom is 0.344 e. The lowest BCUT2D eigenvalue weighted by molar-refractivity contribution is -0.144. The molecule has 2 aromatic carbocycles. The van der Waals surface area contributed by atoms with E-state index < -0.39 is 12.1 Å². The van der Waals surface area contributed by atoms with Gasteiger partial charge in [0.05, 0.1) is 18.5 Å². The van der Waals surface area contributed by atoms with E-state index in [-0.39, 0.29) is 11.1 Å². The molecule has 0 aliphatic rings. The van der Waals surface area contributed by atoms with Gasteiger partial charge in [0.25, 0.3) is 5.56 Å². The number of imidazole rings is 1. The zero-order chi connectivity index (χ0) is 22.0. The summed E-state index contributed by atoms with van der Waals surface area (Å²) in [5.41, 5.74) is 2.59. The quantitative estimate of drug-likeness (QED) is 0.418. The number of carboxylic acids is 1.